The van der Waals surface area contributed by atoms with Gasteiger partial charge in [0.1, 0.15) is 5.54 Å². The zero-order chi connectivity index (χ0) is 12.9. The second-order valence-corrected chi connectivity index (χ2v) is 5.51. The molecule has 0 radical (unpaired) electrons. The number of aliphatic carboxylic acids is 1. The first kappa shape index (κ1) is 14.4. The molecule has 0 spiro atoms. The molecule has 96 valence electrons. The fraction of sp³-hybridized carbons (Fsp3) is 0.636. The number of hydrogen-bond acceptors (Lipinski definition) is 3. The molecule has 0 aromatic carbocycles. The van der Waals surface area contributed by atoms with E-state index in [1.807, 2.05) is 17.1 Å². The quantitative estimate of drug-likeness (QED) is 0.580. The minimum Gasteiger partial charge on any atom is -0.480 e. The van der Waals surface area contributed by atoms with Gasteiger partial charge in [0.05, 0.1) is 9.77 Å². The van der Waals surface area contributed by atoms with Crippen molar-refractivity contribution in [2.24, 2.45) is 0 Å². The highest BCUT2D eigenvalue weighted by Gasteiger charge is 2.29. The van der Waals surface area contributed by atoms with E-state index in [4.69, 9.17) is 5.11 Å². The lowest BCUT2D eigenvalue weighted by Crippen LogP contribution is -2.47. The molecule has 5 nitrogen and oxygen atoms in total. The minimum atomic E-state index is -0.821. The van der Waals surface area contributed by atoms with E-state index >= 15 is 0 Å². The van der Waals surface area contributed by atoms with Gasteiger partial charge >= 0.3 is 5.97 Å². The molecule has 0 aliphatic rings. The Balaban J connectivity index is 2.30. The van der Waals surface area contributed by atoms with E-state index in [2.05, 4.69) is 33.0 Å². The number of carboxylic acids is 1. The van der Waals surface area contributed by atoms with Crippen molar-refractivity contribution in [2.45, 2.75) is 38.3 Å². The Labute approximate surface area is 115 Å². The van der Waals surface area contributed by atoms with Crippen LogP contribution in [0.2, 0.25) is 0 Å². The lowest BCUT2D eigenvalue weighted by molar-refractivity contribution is -0.144. The van der Waals surface area contributed by atoms with Gasteiger partial charge in [0.15, 0.2) is 0 Å². The summed E-state index contributed by atoms with van der Waals surface area (Å²) in [6.07, 6.45) is 6.21. The lowest BCUT2D eigenvalue weighted by atomic mass is 9.95. The summed E-state index contributed by atoms with van der Waals surface area (Å²) in [4.78, 5) is 11.0. The molecule has 1 atom stereocenters. The van der Waals surface area contributed by atoms with E-state index < -0.39 is 11.5 Å². The van der Waals surface area contributed by atoms with Crippen LogP contribution in [-0.2, 0) is 11.3 Å². The van der Waals surface area contributed by atoms with Crippen LogP contribution in [0.3, 0.4) is 0 Å². The highest BCUT2D eigenvalue weighted by Crippen LogP contribution is 2.14. The smallest absolute Gasteiger partial charge is 0.323 e. The summed E-state index contributed by atoms with van der Waals surface area (Å²) in [5.41, 5.74) is -0.821. The Morgan fingerprint density at radius 1 is 1.65 bits per heavy atom. The number of unbranched alkanes of at least 4 members (excludes halogenated alkanes) is 1. The van der Waals surface area contributed by atoms with E-state index in [1.165, 1.54) is 0 Å². The van der Waals surface area contributed by atoms with Crippen LogP contribution < -0.4 is 5.32 Å². The minimum absolute atomic E-state index is 0.622. The predicted octanol–water partition coefficient (Wildman–Crippen LogP) is 1.72. The van der Waals surface area contributed by atoms with Crippen molar-refractivity contribution in [2.75, 3.05) is 7.05 Å². The van der Waals surface area contributed by atoms with Crippen molar-refractivity contribution >= 4 is 28.6 Å². The molecule has 2 N–H and O–H groups in total. The number of carboxylic acid groups (broad SMARTS) is 1. The number of rotatable bonds is 7. The molecule has 0 saturated heterocycles. The van der Waals surface area contributed by atoms with E-state index in [-0.39, 0.29) is 0 Å². The Kier molecular flexibility index (Phi) is 5.38. The summed E-state index contributed by atoms with van der Waals surface area (Å²) in [5.74, 6) is -0.798. The molecule has 0 fully saturated rings. The molecule has 0 bridgehead atoms. The van der Waals surface area contributed by atoms with Gasteiger partial charge in [0.25, 0.3) is 0 Å². The van der Waals surface area contributed by atoms with Crippen LogP contribution in [0, 0.1) is 3.57 Å². The first-order valence-electron chi connectivity index (χ1n) is 5.58. The average Bonchev–Trinajstić information content (AvgIpc) is 2.70. The monoisotopic (exact) mass is 351 g/mol. The normalized spacial score (nSPS) is 14.5. The summed E-state index contributed by atoms with van der Waals surface area (Å²) in [5, 5.41) is 16.1. The molecule has 6 heteroatoms. The Bertz CT molecular complexity index is 381. The fourth-order valence-corrected chi connectivity index (χ4v) is 2.00. The number of nitrogens with one attached hydrogen (secondary N) is 1. The van der Waals surface area contributed by atoms with Gasteiger partial charge in [-0.3, -0.25) is 9.48 Å². The van der Waals surface area contributed by atoms with Crippen LogP contribution in [0.5, 0.6) is 0 Å². The topological polar surface area (TPSA) is 67.2 Å². The van der Waals surface area contributed by atoms with Gasteiger partial charge in [-0.15, -0.1) is 0 Å². The van der Waals surface area contributed by atoms with E-state index in [0.717, 1.165) is 23.0 Å². The summed E-state index contributed by atoms with van der Waals surface area (Å²) < 4.78 is 3.01. The van der Waals surface area contributed by atoms with Gasteiger partial charge in [-0.05, 0) is 55.8 Å². The molecule has 0 aliphatic carbocycles. The zero-order valence-electron chi connectivity index (χ0n) is 10.1. The molecule has 1 aromatic heterocycles. The number of carbonyl (C=O) groups is 1. The van der Waals surface area contributed by atoms with Gasteiger partial charge in [0, 0.05) is 12.7 Å². The second-order valence-electron chi connectivity index (χ2n) is 4.27. The summed E-state index contributed by atoms with van der Waals surface area (Å²) >= 11 is 2.22. The van der Waals surface area contributed by atoms with Crippen LogP contribution in [-0.4, -0.2) is 33.4 Å². The summed E-state index contributed by atoms with van der Waals surface area (Å²) in [7, 11) is 1.68. The van der Waals surface area contributed by atoms with Crippen LogP contribution >= 0.6 is 22.6 Å². The molecule has 1 rings (SSSR count). The molecule has 0 saturated carbocycles. The van der Waals surface area contributed by atoms with E-state index in [1.54, 1.807) is 14.0 Å². The molecular weight excluding hydrogens is 333 g/mol. The standard InChI is InChI=1S/C11H18IN3O2/c1-11(13-2,10(16)17)5-3-4-6-15-8-9(12)7-14-15/h7-8,13H,3-6H2,1-2H3,(H,16,17). The SMILES string of the molecule is CNC(C)(CCCCn1cc(I)cn1)C(=O)O. The zero-order valence-corrected chi connectivity index (χ0v) is 12.3. The largest absolute Gasteiger partial charge is 0.480 e. The van der Waals surface area contributed by atoms with Gasteiger partial charge in [-0.1, -0.05) is 0 Å². The van der Waals surface area contributed by atoms with Gasteiger partial charge in [0.2, 0.25) is 0 Å². The van der Waals surface area contributed by atoms with Crippen LogP contribution in [0.1, 0.15) is 26.2 Å². The maximum Gasteiger partial charge on any atom is 0.323 e. The highest BCUT2D eigenvalue weighted by atomic mass is 127. The predicted molar refractivity (Wildman–Crippen MR) is 73.9 cm³/mol. The van der Waals surface area contributed by atoms with Crippen molar-refractivity contribution in [3.63, 3.8) is 0 Å². The fourth-order valence-electron chi connectivity index (χ4n) is 1.55. The first-order chi connectivity index (χ1) is 7.98. The van der Waals surface area contributed by atoms with Crippen molar-refractivity contribution < 1.29 is 9.90 Å². The van der Waals surface area contributed by atoms with Crippen molar-refractivity contribution in [1.82, 2.24) is 15.1 Å². The Morgan fingerprint density at radius 3 is 2.82 bits per heavy atom. The number of halogens is 1. The Hall–Kier alpha value is -0.630. The van der Waals surface area contributed by atoms with Crippen LogP contribution in [0.25, 0.3) is 0 Å². The third kappa shape index (κ3) is 4.27. The van der Waals surface area contributed by atoms with E-state index in [0.29, 0.717) is 6.42 Å². The van der Waals surface area contributed by atoms with Crippen LogP contribution in [0.4, 0.5) is 0 Å². The third-order valence-corrected chi connectivity index (χ3v) is 3.50. The molecule has 1 aromatic rings. The third-order valence-electron chi connectivity index (χ3n) is 2.94. The molecular formula is C11H18IN3O2. The van der Waals surface area contributed by atoms with E-state index in [9.17, 15) is 4.79 Å². The van der Waals surface area contributed by atoms with Gasteiger partial charge in [-0.25, -0.2) is 0 Å². The first-order valence-corrected chi connectivity index (χ1v) is 6.66. The van der Waals surface area contributed by atoms with Gasteiger partial charge in [-0.2, -0.15) is 5.10 Å². The lowest BCUT2D eigenvalue weighted by Gasteiger charge is -2.23. The number of likely N-dealkylation sites (N-methyl/N-ethyl adjacent to an activating group) is 1. The molecule has 1 unspecified atom stereocenters. The van der Waals surface area contributed by atoms with Crippen LogP contribution in [0.15, 0.2) is 12.4 Å². The summed E-state index contributed by atoms with van der Waals surface area (Å²) in [6.45, 7) is 2.55. The average molecular weight is 351 g/mol. The maximum atomic E-state index is 11.0. The molecule has 1 heterocycles. The number of aromatic nitrogens is 2. The van der Waals surface area contributed by atoms with Crippen molar-refractivity contribution in [1.29, 1.82) is 0 Å². The number of aryl methyl sites for hydroxylation is 1. The molecule has 17 heavy (non-hydrogen) atoms. The Morgan fingerprint density at radius 2 is 2.35 bits per heavy atom. The molecule has 0 amide bonds. The molecule has 0 aliphatic heterocycles. The van der Waals surface area contributed by atoms with Crippen molar-refractivity contribution in [3.8, 4) is 0 Å². The second kappa shape index (κ2) is 6.34. The van der Waals surface area contributed by atoms with Crippen molar-refractivity contribution in [3.05, 3.63) is 16.0 Å². The highest BCUT2D eigenvalue weighted by molar-refractivity contribution is 14.1. The summed E-state index contributed by atoms with van der Waals surface area (Å²) in [6, 6.07) is 0. The van der Waals surface area contributed by atoms with Gasteiger partial charge < -0.3 is 10.4 Å². The number of nitrogens with zero attached hydrogens (tertiary/aromatic N) is 2. The maximum absolute atomic E-state index is 11.0. The number of hydrogen-bond donors (Lipinski definition) is 2.